The number of unbranched alkanes of at least 4 members (excludes halogenated alkanes) is 7. The van der Waals surface area contributed by atoms with Crippen molar-refractivity contribution in [3.8, 4) is 22.3 Å². The number of nitro benzene ring substituents is 2. The maximum Gasteiger partial charge on any atom is 0.335 e. The summed E-state index contributed by atoms with van der Waals surface area (Å²) in [4.78, 5) is 61.4. The van der Waals surface area contributed by atoms with Gasteiger partial charge in [-0.15, -0.1) is 0 Å². The molecule has 0 amide bonds. The van der Waals surface area contributed by atoms with Crippen LogP contribution in [0.2, 0.25) is 0 Å². The van der Waals surface area contributed by atoms with Gasteiger partial charge in [0.2, 0.25) is 0 Å². The first-order chi connectivity index (χ1) is 36.1. The highest BCUT2D eigenvalue weighted by Crippen LogP contribution is 2.56. The smallest absolute Gasteiger partial charge is 0.335 e. The molecule has 6 rings (SSSR count). The quantitative estimate of drug-likeness (QED) is 0.0120. The number of fused-ring (bicyclic) bond motifs is 6. The zero-order valence-electron chi connectivity index (χ0n) is 46.2. The first-order valence-corrected chi connectivity index (χ1v) is 27.6. The molecule has 0 atom stereocenters. The minimum atomic E-state index is -0.386. The molecule has 406 valence electrons. The highest BCUT2D eigenvalue weighted by atomic mass is 16.7. The van der Waals surface area contributed by atoms with Crippen molar-refractivity contribution in [2.24, 2.45) is 10.3 Å². The number of ether oxygens (including phenoxy) is 1. The maximum atomic E-state index is 11.9. The third kappa shape index (κ3) is 15.5. The minimum Gasteiger partial charge on any atom is -0.411 e. The molecule has 0 saturated carbocycles. The van der Waals surface area contributed by atoms with E-state index in [0.717, 1.165) is 160 Å². The molecular weight excluding hydrogens is 949 g/mol. The van der Waals surface area contributed by atoms with Crippen LogP contribution in [0.5, 0.6) is 0 Å². The molecule has 0 radical (unpaired) electrons. The average Bonchev–Trinajstić information content (AvgIpc) is 3.85. The molecule has 2 aliphatic rings. The molecule has 0 fully saturated rings. The van der Waals surface area contributed by atoms with E-state index in [1.165, 1.54) is 11.1 Å². The Hall–Kier alpha value is -6.57. The summed E-state index contributed by atoms with van der Waals surface area (Å²) in [6, 6.07) is 23.0. The van der Waals surface area contributed by atoms with Gasteiger partial charge in [-0.05, 0) is 139 Å². The summed E-state index contributed by atoms with van der Waals surface area (Å²) in [6.45, 7) is 18.4. The first kappa shape index (κ1) is 61.0. The molecule has 0 spiro atoms. The molecule has 4 aromatic rings. The Morgan fingerprint density at radius 1 is 0.480 bits per heavy atom. The Kier molecular flexibility index (Phi) is 24.5. The molecule has 0 aliphatic heterocycles. The Bertz CT molecular complexity index is 2620. The molecule has 0 unspecified atom stereocenters. The molecule has 0 aromatic heterocycles. The normalized spacial score (nSPS) is 13.5. The van der Waals surface area contributed by atoms with E-state index in [1.54, 1.807) is 31.2 Å². The summed E-state index contributed by atoms with van der Waals surface area (Å²) < 4.78 is 4.58. The average molecular weight is 1030 g/mol. The fourth-order valence-corrected chi connectivity index (χ4v) is 10.4. The molecule has 14 nitrogen and oxygen atoms in total. The SMILES string of the molecule is CCCCC(=O)O/N=C(\C)c1ccc2c(c1)C(CCCC)(CCCC)c1cc([N+](=O)[O-])ccc1-2.CCCCC(=O)OC(=O)CCCC.CCCCC1(CCCC)c2cc(/C(C)=N/O)ccc2-c2ccc([N+](=O)[O-])cc21. The van der Waals surface area contributed by atoms with Crippen molar-refractivity contribution >= 4 is 40.7 Å². The van der Waals surface area contributed by atoms with Crippen LogP contribution in [0.3, 0.4) is 0 Å². The number of carbonyl (C=O) groups excluding carboxylic acids is 3. The summed E-state index contributed by atoms with van der Waals surface area (Å²) in [6.07, 6.45) is 18.5. The van der Waals surface area contributed by atoms with Crippen molar-refractivity contribution in [1.29, 1.82) is 0 Å². The lowest BCUT2D eigenvalue weighted by Crippen LogP contribution is -2.26. The van der Waals surface area contributed by atoms with Crippen LogP contribution in [0, 0.1) is 20.2 Å². The lowest BCUT2D eigenvalue weighted by molar-refractivity contribution is -0.385. The lowest BCUT2D eigenvalue weighted by Gasteiger charge is -2.32. The number of nitrogens with zero attached hydrogens (tertiary/aromatic N) is 4. The maximum absolute atomic E-state index is 11.9. The Morgan fingerprint density at radius 2 is 0.800 bits per heavy atom. The van der Waals surface area contributed by atoms with Gasteiger partial charge in [0, 0.05) is 54.4 Å². The highest BCUT2D eigenvalue weighted by Gasteiger charge is 2.45. The molecule has 0 heterocycles. The van der Waals surface area contributed by atoms with E-state index in [2.05, 4.69) is 67.0 Å². The monoisotopic (exact) mass is 1030 g/mol. The van der Waals surface area contributed by atoms with Crippen molar-refractivity contribution in [2.75, 3.05) is 0 Å². The predicted octanol–water partition coefficient (Wildman–Crippen LogP) is 16.6. The van der Waals surface area contributed by atoms with Gasteiger partial charge in [-0.3, -0.25) is 29.8 Å². The number of oxime groups is 2. The van der Waals surface area contributed by atoms with Crippen LogP contribution in [0.25, 0.3) is 22.3 Å². The lowest BCUT2D eigenvalue weighted by atomic mass is 9.70. The summed E-state index contributed by atoms with van der Waals surface area (Å²) in [7, 11) is 0. The van der Waals surface area contributed by atoms with E-state index in [-0.39, 0.29) is 50.0 Å². The number of hydrogen-bond donors (Lipinski definition) is 1. The minimum absolute atomic E-state index is 0.140. The molecule has 0 bridgehead atoms. The van der Waals surface area contributed by atoms with E-state index < -0.39 is 0 Å². The first-order valence-electron chi connectivity index (χ1n) is 27.6. The number of rotatable bonds is 26. The Labute approximate surface area is 445 Å². The number of non-ortho nitro benzene ring substituents is 2. The van der Waals surface area contributed by atoms with E-state index in [1.807, 2.05) is 52.0 Å². The van der Waals surface area contributed by atoms with Crippen LogP contribution in [0.4, 0.5) is 11.4 Å². The van der Waals surface area contributed by atoms with Gasteiger partial charge in [0.25, 0.3) is 11.4 Å². The standard InChI is InChI=1S/C28H36N2O4.C23H28N2O3.C10H18O3/c1-5-8-11-27(31)34-29-20(4)21-12-14-23-24-15-13-22(30(32)33)19-26(24)28(16-9-6-2,17-10-7-3)25(23)18-21;1-4-6-12-23(13-7-5-2)21-14-17(16(3)24-26)8-10-19(21)20-11-9-18(25(27)28)15-22(20)23;1-3-5-7-9(11)13-10(12)8-6-4-2/h12-15,18-19H,5-11,16-17H2,1-4H3;8-11,14-15,26H,4-7,12-13H2,1-3H3;3-8H2,1-2H3/b29-20+;24-16+;. The fraction of sp³-hybridized carbons (Fsp3) is 0.525. The number of hydrogen-bond acceptors (Lipinski definition) is 12. The molecule has 1 N–H and O–H groups in total. The predicted molar refractivity (Wildman–Crippen MR) is 299 cm³/mol. The molecular formula is C61H82N4O10. The second kappa shape index (κ2) is 30.1. The summed E-state index contributed by atoms with van der Waals surface area (Å²) in [5.41, 5.74) is 11.8. The van der Waals surface area contributed by atoms with Gasteiger partial charge < -0.3 is 14.8 Å². The third-order valence-electron chi connectivity index (χ3n) is 14.6. The van der Waals surface area contributed by atoms with Crippen molar-refractivity contribution in [1.82, 2.24) is 0 Å². The Balaban J connectivity index is 0.000000267. The van der Waals surface area contributed by atoms with E-state index in [0.29, 0.717) is 30.7 Å². The van der Waals surface area contributed by atoms with Crippen LogP contribution in [-0.2, 0) is 34.8 Å². The van der Waals surface area contributed by atoms with Gasteiger partial charge in [0.15, 0.2) is 0 Å². The number of esters is 2. The third-order valence-corrected chi connectivity index (χ3v) is 14.6. The molecule has 2 aliphatic carbocycles. The van der Waals surface area contributed by atoms with Gasteiger partial charge >= 0.3 is 17.9 Å². The fourth-order valence-electron chi connectivity index (χ4n) is 10.4. The molecule has 75 heavy (non-hydrogen) atoms. The van der Waals surface area contributed by atoms with Gasteiger partial charge in [-0.1, -0.05) is 154 Å². The second-order valence-corrected chi connectivity index (χ2v) is 20.1. The zero-order valence-corrected chi connectivity index (χ0v) is 46.2. The number of benzene rings is 4. The summed E-state index contributed by atoms with van der Waals surface area (Å²) in [5.74, 6) is -1.09. The van der Waals surface area contributed by atoms with Crippen LogP contribution in [0.15, 0.2) is 83.1 Å². The summed E-state index contributed by atoms with van der Waals surface area (Å²) in [5, 5.41) is 39.8. The van der Waals surface area contributed by atoms with Crippen LogP contribution in [-0.4, -0.2) is 44.4 Å². The number of carbonyl (C=O) groups is 3. The van der Waals surface area contributed by atoms with Crippen LogP contribution >= 0.6 is 0 Å². The van der Waals surface area contributed by atoms with Crippen molar-refractivity contribution in [3.05, 3.63) is 126 Å². The van der Waals surface area contributed by atoms with Gasteiger partial charge in [-0.25, -0.2) is 4.79 Å². The largest absolute Gasteiger partial charge is 0.411 e. The van der Waals surface area contributed by atoms with Crippen molar-refractivity contribution in [2.45, 2.75) is 208 Å². The molecule has 14 heteroatoms. The topological polar surface area (TPSA) is 201 Å². The van der Waals surface area contributed by atoms with Crippen LogP contribution < -0.4 is 0 Å². The van der Waals surface area contributed by atoms with E-state index in [9.17, 15) is 39.8 Å². The Morgan fingerprint density at radius 3 is 1.13 bits per heavy atom. The second-order valence-electron chi connectivity index (χ2n) is 20.1. The molecule has 4 aromatic carbocycles. The number of nitro groups is 2. The summed E-state index contributed by atoms with van der Waals surface area (Å²) >= 11 is 0. The van der Waals surface area contributed by atoms with Crippen molar-refractivity contribution < 1.29 is 39.0 Å². The van der Waals surface area contributed by atoms with E-state index >= 15 is 0 Å². The van der Waals surface area contributed by atoms with E-state index in [4.69, 9.17) is 4.84 Å². The van der Waals surface area contributed by atoms with Gasteiger partial charge in [0.05, 0.1) is 21.3 Å². The van der Waals surface area contributed by atoms with Crippen molar-refractivity contribution in [3.63, 3.8) is 0 Å². The highest BCUT2D eigenvalue weighted by molar-refractivity contribution is 6.01. The molecule has 0 saturated heterocycles. The van der Waals surface area contributed by atoms with Crippen LogP contribution in [0.1, 0.15) is 231 Å². The van der Waals surface area contributed by atoms with Gasteiger partial charge in [-0.2, -0.15) is 0 Å². The van der Waals surface area contributed by atoms with Gasteiger partial charge in [0.1, 0.15) is 0 Å². The zero-order chi connectivity index (χ0) is 55.1.